The Bertz CT molecular complexity index is 387. The zero-order valence-corrected chi connectivity index (χ0v) is 8.44. The Hall–Kier alpha value is -1.24. The summed E-state index contributed by atoms with van der Waals surface area (Å²) >= 11 is 0. The molecule has 7 heteroatoms. The first kappa shape index (κ1) is 13.8. The number of alkyl halides is 5. The molecule has 0 aliphatic rings. The first-order valence-corrected chi connectivity index (χ1v) is 4.62. The van der Waals surface area contributed by atoms with Crippen LogP contribution in [0, 0.1) is 5.82 Å². The molecule has 0 amide bonds. The van der Waals surface area contributed by atoms with Crippen LogP contribution in [0.25, 0.3) is 0 Å². The molecule has 0 aliphatic carbocycles. The molecule has 96 valence electrons. The van der Waals surface area contributed by atoms with Crippen molar-refractivity contribution >= 4 is 0 Å². The molecular formula is C10H9F6N. The molecule has 0 aliphatic heterocycles. The van der Waals surface area contributed by atoms with Crippen molar-refractivity contribution < 1.29 is 26.3 Å². The van der Waals surface area contributed by atoms with E-state index in [2.05, 4.69) is 0 Å². The van der Waals surface area contributed by atoms with E-state index in [1.54, 1.807) is 0 Å². The van der Waals surface area contributed by atoms with Gasteiger partial charge in [0.25, 0.3) is 0 Å². The van der Waals surface area contributed by atoms with Gasteiger partial charge >= 0.3 is 6.18 Å². The predicted molar refractivity (Wildman–Crippen MR) is 49.0 cm³/mol. The molecule has 0 unspecified atom stereocenters. The van der Waals surface area contributed by atoms with Crippen LogP contribution in [0.4, 0.5) is 26.3 Å². The van der Waals surface area contributed by atoms with Crippen molar-refractivity contribution in [2.24, 2.45) is 5.73 Å². The van der Waals surface area contributed by atoms with E-state index >= 15 is 0 Å². The van der Waals surface area contributed by atoms with Gasteiger partial charge in [-0.1, -0.05) is 6.07 Å². The van der Waals surface area contributed by atoms with Gasteiger partial charge in [-0.05, 0) is 12.1 Å². The number of nitrogens with two attached hydrogens (primary N) is 1. The Morgan fingerprint density at radius 1 is 1.18 bits per heavy atom. The van der Waals surface area contributed by atoms with Gasteiger partial charge in [0.15, 0.2) is 0 Å². The molecule has 1 aromatic carbocycles. The maximum Gasteiger partial charge on any atom is 0.416 e. The van der Waals surface area contributed by atoms with Crippen molar-refractivity contribution in [2.45, 2.75) is 25.1 Å². The molecule has 0 fully saturated rings. The molecule has 0 bridgehead atoms. The summed E-state index contributed by atoms with van der Waals surface area (Å²) in [5, 5.41) is 0. The molecule has 0 spiro atoms. The minimum atomic E-state index is -4.67. The van der Waals surface area contributed by atoms with Gasteiger partial charge in [-0.15, -0.1) is 0 Å². The van der Waals surface area contributed by atoms with Crippen molar-refractivity contribution in [3.63, 3.8) is 0 Å². The highest BCUT2D eigenvalue weighted by molar-refractivity contribution is 5.28. The fourth-order valence-corrected chi connectivity index (χ4v) is 1.32. The van der Waals surface area contributed by atoms with Crippen LogP contribution in [0.1, 0.15) is 23.6 Å². The molecule has 0 heterocycles. The van der Waals surface area contributed by atoms with E-state index in [0.29, 0.717) is 6.07 Å². The second kappa shape index (κ2) is 4.95. The van der Waals surface area contributed by atoms with Crippen molar-refractivity contribution in [2.75, 3.05) is 0 Å². The maximum absolute atomic E-state index is 13.3. The molecule has 2 N–H and O–H groups in total. The molecular weight excluding hydrogens is 248 g/mol. The van der Waals surface area contributed by atoms with E-state index in [4.69, 9.17) is 5.73 Å². The fraction of sp³-hybridized carbons (Fsp3) is 0.400. The van der Waals surface area contributed by atoms with Crippen LogP contribution in [-0.2, 0) is 6.18 Å². The Kier molecular flexibility index (Phi) is 4.03. The second-order valence-corrected chi connectivity index (χ2v) is 3.47. The quantitative estimate of drug-likeness (QED) is 0.824. The first-order valence-electron chi connectivity index (χ1n) is 4.62. The third-order valence-electron chi connectivity index (χ3n) is 2.16. The van der Waals surface area contributed by atoms with Crippen LogP contribution in [-0.4, -0.2) is 6.43 Å². The summed E-state index contributed by atoms with van der Waals surface area (Å²) in [6.45, 7) is 0. The number of rotatable bonds is 3. The van der Waals surface area contributed by atoms with Gasteiger partial charge in [0.1, 0.15) is 5.82 Å². The van der Waals surface area contributed by atoms with Crippen molar-refractivity contribution in [3.05, 3.63) is 35.1 Å². The molecule has 0 radical (unpaired) electrons. The van der Waals surface area contributed by atoms with E-state index in [1.165, 1.54) is 0 Å². The molecule has 0 saturated heterocycles. The molecule has 1 aromatic rings. The second-order valence-electron chi connectivity index (χ2n) is 3.47. The lowest BCUT2D eigenvalue weighted by molar-refractivity contribution is -0.137. The smallest absolute Gasteiger partial charge is 0.324 e. The normalized spacial score (nSPS) is 14.1. The van der Waals surface area contributed by atoms with Crippen LogP contribution in [0.15, 0.2) is 18.2 Å². The number of benzene rings is 1. The Morgan fingerprint density at radius 3 is 2.18 bits per heavy atom. The number of hydrogen-bond acceptors (Lipinski definition) is 1. The molecule has 1 rings (SSSR count). The third-order valence-corrected chi connectivity index (χ3v) is 2.16. The van der Waals surface area contributed by atoms with Crippen LogP contribution in [0.5, 0.6) is 0 Å². The average Bonchev–Trinajstić information content (AvgIpc) is 2.14. The molecule has 1 atom stereocenters. The summed E-state index contributed by atoms with van der Waals surface area (Å²) in [5.41, 5.74) is 3.73. The lowest BCUT2D eigenvalue weighted by Crippen LogP contribution is -2.16. The summed E-state index contributed by atoms with van der Waals surface area (Å²) in [6.07, 6.45) is -8.22. The summed E-state index contributed by atoms with van der Waals surface area (Å²) in [5.74, 6) is -1.23. The van der Waals surface area contributed by atoms with Gasteiger partial charge in [0, 0.05) is 18.0 Å². The van der Waals surface area contributed by atoms with Crippen molar-refractivity contribution in [3.8, 4) is 0 Å². The third kappa shape index (κ3) is 3.62. The van der Waals surface area contributed by atoms with Gasteiger partial charge < -0.3 is 5.73 Å². The highest BCUT2D eigenvalue weighted by Gasteiger charge is 2.31. The minimum Gasteiger partial charge on any atom is -0.324 e. The van der Waals surface area contributed by atoms with Gasteiger partial charge in [0.2, 0.25) is 6.43 Å². The summed E-state index contributed by atoms with van der Waals surface area (Å²) in [4.78, 5) is 0. The summed E-state index contributed by atoms with van der Waals surface area (Å²) in [7, 11) is 0. The Labute approximate surface area is 93.2 Å². The van der Waals surface area contributed by atoms with E-state index in [0.717, 1.165) is 6.07 Å². The Morgan fingerprint density at radius 2 is 1.76 bits per heavy atom. The highest BCUT2D eigenvalue weighted by Crippen LogP contribution is 2.31. The van der Waals surface area contributed by atoms with Crippen molar-refractivity contribution in [1.29, 1.82) is 0 Å². The predicted octanol–water partition coefficient (Wildman–Crippen LogP) is 3.50. The molecule has 1 nitrogen and oxygen atoms in total. The van der Waals surface area contributed by atoms with Gasteiger partial charge in [-0.25, -0.2) is 13.2 Å². The van der Waals surface area contributed by atoms with Gasteiger partial charge in [0.05, 0.1) is 5.56 Å². The number of hydrogen-bond donors (Lipinski definition) is 1. The SMILES string of the molecule is N[C@@H](CC(F)F)c1ccc(C(F)(F)F)cc1F. The molecule has 17 heavy (non-hydrogen) atoms. The topological polar surface area (TPSA) is 26.0 Å². The zero-order valence-electron chi connectivity index (χ0n) is 8.44. The van der Waals surface area contributed by atoms with Crippen LogP contribution in [0.2, 0.25) is 0 Å². The van der Waals surface area contributed by atoms with E-state index in [-0.39, 0.29) is 11.6 Å². The fourth-order valence-electron chi connectivity index (χ4n) is 1.32. The average molecular weight is 257 g/mol. The summed E-state index contributed by atoms with van der Waals surface area (Å²) in [6, 6.07) is 0.326. The van der Waals surface area contributed by atoms with Crippen LogP contribution >= 0.6 is 0 Å². The maximum atomic E-state index is 13.3. The van der Waals surface area contributed by atoms with E-state index < -0.39 is 36.4 Å². The lowest BCUT2D eigenvalue weighted by atomic mass is 10.0. The van der Waals surface area contributed by atoms with Crippen molar-refractivity contribution in [1.82, 2.24) is 0 Å². The molecule has 0 aromatic heterocycles. The lowest BCUT2D eigenvalue weighted by Gasteiger charge is -2.14. The Balaban J connectivity index is 2.98. The highest BCUT2D eigenvalue weighted by atomic mass is 19.4. The first-order chi connectivity index (χ1) is 7.71. The zero-order chi connectivity index (χ0) is 13.2. The van der Waals surface area contributed by atoms with Gasteiger partial charge in [-0.2, -0.15) is 13.2 Å². The van der Waals surface area contributed by atoms with E-state index in [9.17, 15) is 26.3 Å². The standard InChI is InChI=1S/C10H9F6N/c11-7-3-5(10(14,15)16)1-2-6(7)8(17)4-9(12)13/h1-3,8-9H,4,17H2/t8-/m0/s1. The number of halogens is 6. The molecule has 0 saturated carbocycles. The largest absolute Gasteiger partial charge is 0.416 e. The van der Waals surface area contributed by atoms with Gasteiger partial charge in [-0.3, -0.25) is 0 Å². The van der Waals surface area contributed by atoms with Crippen LogP contribution < -0.4 is 5.73 Å². The van der Waals surface area contributed by atoms with Crippen LogP contribution in [0.3, 0.4) is 0 Å². The van der Waals surface area contributed by atoms with E-state index in [1.807, 2.05) is 0 Å². The summed E-state index contributed by atoms with van der Waals surface area (Å²) < 4.78 is 73.8. The minimum absolute atomic E-state index is 0.251. The monoisotopic (exact) mass is 257 g/mol.